The second-order valence-electron chi connectivity index (χ2n) is 4.30. The molecule has 1 atom stereocenters. The van der Waals surface area contributed by atoms with E-state index in [9.17, 15) is 9.59 Å². The minimum atomic E-state index is -0.320. The van der Waals surface area contributed by atoms with Gasteiger partial charge in [0.25, 0.3) is 0 Å². The van der Waals surface area contributed by atoms with E-state index in [1.165, 1.54) is 0 Å². The van der Waals surface area contributed by atoms with E-state index in [0.29, 0.717) is 19.6 Å². The van der Waals surface area contributed by atoms with Gasteiger partial charge in [0.1, 0.15) is 0 Å². The quantitative estimate of drug-likeness (QED) is 0.539. The molecule has 6 heteroatoms. The number of thioether (sulfide) groups is 1. The topological polar surface area (TPSA) is 52.6 Å². The number of hydrogen-bond acceptors (Lipinski definition) is 4. The molecule has 0 bridgehead atoms. The van der Waals surface area contributed by atoms with Crippen LogP contribution >= 0.6 is 11.8 Å². The zero-order valence-electron chi connectivity index (χ0n) is 10.1. The van der Waals surface area contributed by atoms with Crippen molar-refractivity contribution in [2.75, 3.05) is 44.2 Å². The molecule has 2 heterocycles. The van der Waals surface area contributed by atoms with Crippen molar-refractivity contribution in [3.8, 4) is 0 Å². The molecule has 0 radical (unpaired) electrons. The Morgan fingerprint density at radius 3 is 3.00 bits per heavy atom. The Balaban J connectivity index is 1.95. The van der Waals surface area contributed by atoms with Gasteiger partial charge in [-0.15, -0.1) is 0 Å². The third kappa shape index (κ3) is 2.74. The molecule has 0 spiro atoms. The molecule has 0 aromatic heterocycles. The Bertz CT molecular complexity index is 311. The van der Waals surface area contributed by atoms with Gasteiger partial charge in [-0.25, -0.2) is 0 Å². The maximum Gasteiger partial charge on any atom is 0.312 e. The van der Waals surface area contributed by atoms with Gasteiger partial charge in [0.2, 0.25) is 0 Å². The molecule has 2 aliphatic heterocycles. The molecule has 96 valence electrons. The molecule has 1 unspecified atom stereocenters. The van der Waals surface area contributed by atoms with Crippen molar-refractivity contribution < 1.29 is 9.59 Å². The van der Waals surface area contributed by atoms with Crippen LogP contribution in [0.3, 0.4) is 0 Å². The first kappa shape index (κ1) is 12.7. The van der Waals surface area contributed by atoms with E-state index in [1.54, 1.807) is 21.6 Å². The fraction of sp³-hybridized carbons (Fsp3) is 0.818. The van der Waals surface area contributed by atoms with Crippen LogP contribution in [0.1, 0.15) is 6.92 Å². The van der Waals surface area contributed by atoms with Gasteiger partial charge in [0.05, 0.1) is 6.04 Å². The number of carbonyl (C=O) groups is 2. The monoisotopic (exact) mass is 257 g/mol. The van der Waals surface area contributed by atoms with Gasteiger partial charge in [-0.3, -0.25) is 9.59 Å². The first-order valence-corrected chi connectivity index (χ1v) is 7.28. The molecular weight excluding hydrogens is 238 g/mol. The van der Waals surface area contributed by atoms with Gasteiger partial charge in [-0.2, -0.15) is 11.8 Å². The fourth-order valence-electron chi connectivity index (χ4n) is 2.30. The summed E-state index contributed by atoms with van der Waals surface area (Å²) in [5.74, 6) is 1.33. The molecule has 2 saturated heterocycles. The number of rotatable bonds is 4. The van der Waals surface area contributed by atoms with Gasteiger partial charge in [-0.1, -0.05) is 6.92 Å². The maximum atomic E-state index is 11.9. The molecular formula is C11H19N3O2S. The summed E-state index contributed by atoms with van der Waals surface area (Å²) in [5, 5.41) is 3.27. The summed E-state index contributed by atoms with van der Waals surface area (Å²) in [6.45, 7) is 5.72. The number of amides is 2. The Hall–Kier alpha value is -0.750. The summed E-state index contributed by atoms with van der Waals surface area (Å²) in [6, 6.07) is 0.167. The third-order valence-corrected chi connectivity index (χ3v) is 4.10. The normalized spacial score (nSPS) is 25.1. The number of nitrogens with zero attached hydrogens (tertiary/aromatic N) is 2. The van der Waals surface area contributed by atoms with Crippen molar-refractivity contribution >= 4 is 23.6 Å². The number of piperazine rings is 2. The molecule has 2 fully saturated rings. The van der Waals surface area contributed by atoms with E-state index in [2.05, 4.69) is 12.2 Å². The average molecular weight is 257 g/mol. The highest BCUT2D eigenvalue weighted by Crippen LogP contribution is 2.14. The predicted molar refractivity (Wildman–Crippen MR) is 67.9 cm³/mol. The zero-order chi connectivity index (χ0) is 12.3. The minimum Gasteiger partial charge on any atom is -0.332 e. The molecule has 2 rings (SSSR count). The Morgan fingerprint density at radius 1 is 1.41 bits per heavy atom. The van der Waals surface area contributed by atoms with E-state index in [1.807, 2.05) is 0 Å². The SMILES string of the molecule is CCSCCN1CC2CNCCN2C(=O)C1=O. The molecule has 0 aromatic rings. The van der Waals surface area contributed by atoms with Crippen molar-refractivity contribution in [1.82, 2.24) is 15.1 Å². The molecule has 1 N–H and O–H groups in total. The standard InChI is InChI=1S/C11H19N3O2S/c1-2-17-6-5-13-8-9-7-12-3-4-14(9)11(16)10(13)15/h9,12H,2-8H2,1H3. The van der Waals surface area contributed by atoms with Crippen molar-refractivity contribution in [1.29, 1.82) is 0 Å². The Labute approximate surface area is 106 Å². The van der Waals surface area contributed by atoms with Crippen LogP contribution in [0.25, 0.3) is 0 Å². The minimum absolute atomic E-state index is 0.167. The predicted octanol–water partition coefficient (Wildman–Crippen LogP) is -0.618. The summed E-state index contributed by atoms with van der Waals surface area (Å²) in [6.07, 6.45) is 0. The van der Waals surface area contributed by atoms with Crippen molar-refractivity contribution in [3.63, 3.8) is 0 Å². The van der Waals surface area contributed by atoms with Crippen molar-refractivity contribution in [2.45, 2.75) is 13.0 Å². The van der Waals surface area contributed by atoms with Crippen LogP contribution < -0.4 is 5.32 Å². The summed E-state index contributed by atoms with van der Waals surface area (Å²) in [4.78, 5) is 27.2. The van der Waals surface area contributed by atoms with Crippen LogP contribution in [-0.4, -0.2) is 71.9 Å². The number of carbonyl (C=O) groups excluding carboxylic acids is 2. The first-order valence-electron chi connectivity index (χ1n) is 6.12. The highest BCUT2D eigenvalue weighted by molar-refractivity contribution is 7.99. The summed E-state index contributed by atoms with van der Waals surface area (Å²) in [7, 11) is 0. The van der Waals surface area contributed by atoms with Gasteiger partial charge in [0, 0.05) is 38.5 Å². The van der Waals surface area contributed by atoms with Gasteiger partial charge < -0.3 is 15.1 Å². The van der Waals surface area contributed by atoms with Crippen LogP contribution in [0.2, 0.25) is 0 Å². The summed E-state index contributed by atoms with van der Waals surface area (Å²) >= 11 is 1.80. The number of hydrogen-bond donors (Lipinski definition) is 1. The lowest BCUT2D eigenvalue weighted by atomic mass is 10.1. The van der Waals surface area contributed by atoms with Crippen LogP contribution in [0.4, 0.5) is 0 Å². The fourth-order valence-corrected chi connectivity index (χ4v) is 2.94. The van der Waals surface area contributed by atoms with Crippen LogP contribution in [0.15, 0.2) is 0 Å². The number of nitrogens with one attached hydrogen (secondary N) is 1. The Morgan fingerprint density at radius 2 is 2.24 bits per heavy atom. The summed E-state index contributed by atoms with van der Waals surface area (Å²) < 4.78 is 0. The smallest absolute Gasteiger partial charge is 0.312 e. The maximum absolute atomic E-state index is 11.9. The third-order valence-electron chi connectivity index (χ3n) is 3.22. The molecule has 0 aromatic carbocycles. The van der Waals surface area contributed by atoms with E-state index < -0.39 is 0 Å². The zero-order valence-corrected chi connectivity index (χ0v) is 11.0. The second-order valence-corrected chi connectivity index (χ2v) is 5.70. The lowest BCUT2D eigenvalue weighted by Gasteiger charge is -2.43. The van der Waals surface area contributed by atoms with Gasteiger partial charge in [-0.05, 0) is 5.75 Å². The summed E-state index contributed by atoms with van der Waals surface area (Å²) in [5.41, 5.74) is 0. The molecule has 2 aliphatic rings. The lowest BCUT2D eigenvalue weighted by molar-refractivity contribution is -0.159. The molecule has 0 aliphatic carbocycles. The largest absolute Gasteiger partial charge is 0.332 e. The van der Waals surface area contributed by atoms with E-state index >= 15 is 0 Å². The second kappa shape index (κ2) is 5.73. The van der Waals surface area contributed by atoms with Gasteiger partial charge in [0.15, 0.2) is 0 Å². The van der Waals surface area contributed by atoms with Crippen LogP contribution in [-0.2, 0) is 9.59 Å². The van der Waals surface area contributed by atoms with E-state index in [0.717, 1.165) is 24.6 Å². The van der Waals surface area contributed by atoms with Crippen LogP contribution in [0, 0.1) is 0 Å². The Kier molecular flexibility index (Phi) is 4.28. The lowest BCUT2D eigenvalue weighted by Crippen LogP contribution is -2.65. The number of fused-ring (bicyclic) bond motifs is 1. The average Bonchev–Trinajstić information content (AvgIpc) is 2.35. The molecule has 5 nitrogen and oxygen atoms in total. The molecule has 0 saturated carbocycles. The highest BCUT2D eigenvalue weighted by atomic mass is 32.2. The molecule has 2 amide bonds. The molecule has 17 heavy (non-hydrogen) atoms. The van der Waals surface area contributed by atoms with Crippen LogP contribution in [0.5, 0.6) is 0 Å². The van der Waals surface area contributed by atoms with E-state index in [4.69, 9.17) is 0 Å². The van der Waals surface area contributed by atoms with Crippen molar-refractivity contribution in [2.24, 2.45) is 0 Å². The highest BCUT2D eigenvalue weighted by Gasteiger charge is 2.39. The van der Waals surface area contributed by atoms with E-state index in [-0.39, 0.29) is 17.9 Å². The van der Waals surface area contributed by atoms with Crippen molar-refractivity contribution in [3.05, 3.63) is 0 Å². The first-order chi connectivity index (χ1) is 8.24. The van der Waals surface area contributed by atoms with Gasteiger partial charge >= 0.3 is 11.8 Å².